The first-order chi connectivity index (χ1) is 7.05. The summed E-state index contributed by atoms with van der Waals surface area (Å²) >= 11 is 0. The van der Waals surface area contributed by atoms with Gasteiger partial charge in [-0.3, -0.25) is 4.79 Å². The lowest BCUT2D eigenvalue weighted by Gasteiger charge is -2.17. The van der Waals surface area contributed by atoms with E-state index in [0.717, 1.165) is 0 Å². The van der Waals surface area contributed by atoms with Crippen molar-refractivity contribution in [3.8, 4) is 11.8 Å². The van der Waals surface area contributed by atoms with E-state index in [1.165, 1.54) is 27.3 Å². The largest absolute Gasteiger partial charge is 0.480 e. The molecule has 0 radical (unpaired) electrons. The highest BCUT2D eigenvalue weighted by Crippen LogP contribution is 2.25. The third-order valence-corrected chi connectivity index (χ3v) is 1.83. The van der Waals surface area contributed by atoms with Crippen LogP contribution in [0, 0.1) is 0 Å². The zero-order valence-corrected chi connectivity index (χ0v) is 8.72. The average molecular weight is 212 g/mol. The SMILES string of the molecule is COc1cnc(C(C)(O)C=O)c(OC)n1. The molecule has 1 rings (SSSR count). The summed E-state index contributed by atoms with van der Waals surface area (Å²) in [6, 6.07) is 0. The van der Waals surface area contributed by atoms with Crippen molar-refractivity contribution in [2.24, 2.45) is 0 Å². The first kappa shape index (κ1) is 11.4. The Labute approximate surface area is 86.9 Å². The lowest BCUT2D eigenvalue weighted by atomic mass is 10.1. The number of carbonyl (C=O) groups excluding carboxylic acids is 1. The Kier molecular flexibility index (Phi) is 3.21. The van der Waals surface area contributed by atoms with Crippen molar-refractivity contribution >= 4 is 6.29 Å². The first-order valence-corrected chi connectivity index (χ1v) is 4.19. The normalized spacial score (nSPS) is 14.1. The van der Waals surface area contributed by atoms with Crippen molar-refractivity contribution in [3.63, 3.8) is 0 Å². The van der Waals surface area contributed by atoms with E-state index < -0.39 is 5.60 Å². The number of aliphatic hydroxyl groups is 1. The predicted octanol–water partition coefficient (Wildman–Crippen LogP) is -0.0998. The summed E-state index contributed by atoms with van der Waals surface area (Å²) in [5, 5.41) is 9.68. The predicted molar refractivity (Wildman–Crippen MR) is 50.8 cm³/mol. The van der Waals surface area contributed by atoms with E-state index in [9.17, 15) is 9.90 Å². The van der Waals surface area contributed by atoms with Crippen molar-refractivity contribution in [2.45, 2.75) is 12.5 Å². The third-order valence-electron chi connectivity index (χ3n) is 1.83. The van der Waals surface area contributed by atoms with Gasteiger partial charge in [-0.05, 0) is 6.92 Å². The first-order valence-electron chi connectivity index (χ1n) is 4.19. The zero-order chi connectivity index (χ0) is 11.5. The molecule has 1 N–H and O–H groups in total. The Morgan fingerprint density at radius 2 is 2.13 bits per heavy atom. The fourth-order valence-electron chi connectivity index (χ4n) is 1.00. The smallest absolute Gasteiger partial charge is 0.242 e. The van der Waals surface area contributed by atoms with Gasteiger partial charge >= 0.3 is 0 Å². The molecule has 15 heavy (non-hydrogen) atoms. The summed E-state index contributed by atoms with van der Waals surface area (Å²) in [5.74, 6) is 0.309. The molecule has 0 fully saturated rings. The molecule has 0 saturated carbocycles. The summed E-state index contributed by atoms with van der Waals surface area (Å²) in [4.78, 5) is 18.4. The molecule has 0 spiro atoms. The molecular weight excluding hydrogens is 200 g/mol. The van der Waals surface area contributed by atoms with Crippen LogP contribution in [0.2, 0.25) is 0 Å². The van der Waals surface area contributed by atoms with Crippen LogP contribution in [0.15, 0.2) is 6.20 Å². The summed E-state index contributed by atoms with van der Waals surface area (Å²) in [6.45, 7) is 1.30. The summed E-state index contributed by atoms with van der Waals surface area (Å²) in [5.41, 5.74) is -1.66. The summed E-state index contributed by atoms with van der Waals surface area (Å²) in [7, 11) is 2.80. The number of hydrogen-bond acceptors (Lipinski definition) is 6. The maximum Gasteiger partial charge on any atom is 0.242 e. The maximum absolute atomic E-state index is 10.6. The monoisotopic (exact) mass is 212 g/mol. The van der Waals surface area contributed by atoms with E-state index in [1.807, 2.05) is 0 Å². The lowest BCUT2D eigenvalue weighted by molar-refractivity contribution is -0.123. The van der Waals surface area contributed by atoms with Crippen molar-refractivity contribution in [3.05, 3.63) is 11.9 Å². The third kappa shape index (κ3) is 2.21. The highest BCUT2D eigenvalue weighted by molar-refractivity contribution is 5.65. The summed E-state index contributed by atoms with van der Waals surface area (Å²) < 4.78 is 9.74. The van der Waals surface area contributed by atoms with Crippen molar-refractivity contribution in [1.29, 1.82) is 0 Å². The number of nitrogens with zero attached hydrogens (tertiary/aromatic N) is 2. The van der Waals surface area contributed by atoms with Gasteiger partial charge in [0.1, 0.15) is 5.69 Å². The van der Waals surface area contributed by atoms with Crippen molar-refractivity contribution in [1.82, 2.24) is 9.97 Å². The number of ether oxygens (including phenoxy) is 2. The van der Waals surface area contributed by atoms with Gasteiger partial charge in [-0.2, -0.15) is 4.98 Å². The number of aldehydes is 1. The molecule has 0 bridgehead atoms. The van der Waals surface area contributed by atoms with Crippen LogP contribution in [0.25, 0.3) is 0 Å². The van der Waals surface area contributed by atoms with Crippen LogP contribution in [0.4, 0.5) is 0 Å². The molecule has 0 amide bonds. The van der Waals surface area contributed by atoms with E-state index in [2.05, 4.69) is 9.97 Å². The fourth-order valence-corrected chi connectivity index (χ4v) is 1.00. The number of aromatic nitrogens is 2. The van der Waals surface area contributed by atoms with E-state index >= 15 is 0 Å². The maximum atomic E-state index is 10.6. The molecule has 1 atom stereocenters. The molecule has 0 saturated heterocycles. The minimum Gasteiger partial charge on any atom is -0.480 e. The van der Waals surface area contributed by atoms with Crippen LogP contribution < -0.4 is 9.47 Å². The Hall–Kier alpha value is -1.69. The van der Waals surface area contributed by atoms with E-state index in [-0.39, 0.29) is 17.5 Å². The molecule has 1 unspecified atom stereocenters. The molecule has 0 aromatic carbocycles. The van der Waals surface area contributed by atoms with Gasteiger partial charge in [-0.15, -0.1) is 0 Å². The van der Waals surface area contributed by atoms with E-state index in [1.54, 1.807) is 0 Å². The van der Waals surface area contributed by atoms with Crippen LogP contribution >= 0.6 is 0 Å². The second-order valence-electron chi connectivity index (χ2n) is 3.04. The van der Waals surface area contributed by atoms with Crippen molar-refractivity contribution in [2.75, 3.05) is 14.2 Å². The highest BCUT2D eigenvalue weighted by atomic mass is 16.5. The van der Waals surface area contributed by atoms with Crippen LogP contribution in [-0.4, -0.2) is 35.6 Å². The van der Waals surface area contributed by atoms with Crippen LogP contribution in [0.5, 0.6) is 11.8 Å². The van der Waals surface area contributed by atoms with Gasteiger partial charge in [0.05, 0.1) is 20.4 Å². The lowest BCUT2D eigenvalue weighted by Crippen LogP contribution is -2.25. The van der Waals surface area contributed by atoms with Crippen LogP contribution in [0.3, 0.4) is 0 Å². The van der Waals surface area contributed by atoms with Gasteiger partial charge in [0.2, 0.25) is 11.8 Å². The van der Waals surface area contributed by atoms with E-state index in [4.69, 9.17) is 9.47 Å². The van der Waals surface area contributed by atoms with Gasteiger partial charge in [0.25, 0.3) is 0 Å². The van der Waals surface area contributed by atoms with Crippen molar-refractivity contribution < 1.29 is 19.4 Å². The molecule has 0 aliphatic heterocycles. The fraction of sp³-hybridized carbons (Fsp3) is 0.444. The Morgan fingerprint density at radius 1 is 1.47 bits per heavy atom. The number of methoxy groups -OCH3 is 2. The Balaban J connectivity index is 3.24. The quantitative estimate of drug-likeness (QED) is 0.702. The molecule has 6 nitrogen and oxygen atoms in total. The topological polar surface area (TPSA) is 81.5 Å². The minimum absolute atomic E-state index is 0.0563. The average Bonchev–Trinajstić information content (AvgIpc) is 2.28. The van der Waals surface area contributed by atoms with Gasteiger partial charge in [0.15, 0.2) is 11.9 Å². The number of rotatable bonds is 4. The molecule has 1 heterocycles. The molecule has 1 aromatic heterocycles. The molecule has 0 aliphatic rings. The zero-order valence-electron chi connectivity index (χ0n) is 8.72. The molecule has 82 valence electrons. The van der Waals surface area contributed by atoms with E-state index in [0.29, 0.717) is 6.29 Å². The molecule has 1 aromatic rings. The molecule has 0 aliphatic carbocycles. The second-order valence-corrected chi connectivity index (χ2v) is 3.04. The second kappa shape index (κ2) is 4.22. The van der Waals surface area contributed by atoms with Gasteiger partial charge in [-0.1, -0.05) is 0 Å². The van der Waals surface area contributed by atoms with Gasteiger partial charge in [0, 0.05) is 0 Å². The molecular formula is C9H12N2O4. The number of carbonyl (C=O) groups is 1. The van der Waals surface area contributed by atoms with Gasteiger partial charge in [-0.25, -0.2) is 4.98 Å². The Morgan fingerprint density at radius 3 is 2.60 bits per heavy atom. The van der Waals surface area contributed by atoms with Gasteiger partial charge < -0.3 is 14.6 Å². The summed E-state index contributed by atoms with van der Waals surface area (Å²) in [6.07, 6.45) is 1.67. The highest BCUT2D eigenvalue weighted by Gasteiger charge is 2.29. The number of hydrogen-bond donors (Lipinski definition) is 1. The minimum atomic E-state index is -1.72. The molecule has 6 heteroatoms. The Bertz CT molecular complexity index is 365. The standard InChI is InChI=1S/C9H12N2O4/c1-9(13,5-12)7-8(15-3)11-6(14-2)4-10-7/h4-5,13H,1-3H3. The van der Waals surface area contributed by atoms with Crippen LogP contribution in [-0.2, 0) is 10.4 Å². The van der Waals surface area contributed by atoms with Crippen LogP contribution in [0.1, 0.15) is 12.6 Å².